The fraction of sp³-hybridized carbons (Fsp3) is 0.200. The summed E-state index contributed by atoms with van der Waals surface area (Å²) in [6, 6.07) is 9.00. The molecule has 1 aliphatic carbocycles. The molecule has 2 aromatic carbocycles. The third kappa shape index (κ3) is 3.05. The van der Waals surface area contributed by atoms with Crippen molar-refractivity contribution >= 4 is 17.8 Å². The van der Waals surface area contributed by atoms with E-state index in [1.54, 1.807) is 37.3 Å². The molecule has 1 heterocycles. The van der Waals surface area contributed by atoms with Crippen LogP contribution in [0.3, 0.4) is 0 Å². The SMILES string of the molecule is Cc1cc(OC(=O)C2CC2)cc2c1C(=O)/C(=C/c1ccc(F)cc1)O2. The van der Waals surface area contributed by atoms with Gasteiger partial charge in [-0.05, 0) is 55.2 Å². The first-order valence-corrected chi connectivity index (χ1v) is 8.07. The lowest BCUT2D eigenvalue weighted by Gasteiger charge is -2.07. The van der Waals surface area contributed by atoms with Crippen LogP contribution in [0, 0.1) is 18.7 Å². The molecule has 0 spiro atoms. The fourth-order valence-electron chi connectivity index (χ4n) is 2.77. The maximum Gasteiger partial charge on any atom is 0.314 e. The van der Waals surface area contributed by atoms with Crippen molar-refractivity contribution in [2.45, 2.75) is 19.8 Å². The normalized spacial score (nSPS) is 17.4. The summed E-state index contributed by atoms with van der Waals surface area (Å²) >= 11 is 0. The van der Waals surface area contributed by atoms with Crippen LogP contribution in [0.1, 0.15) is 34.3 Å². The number of fused-ring (bicyclic) bond motifs is 1. The zero-order valence-corrected chi connectivity index (χ0v) is 13.5. The molecule has 126 valence electrons. The molecule has 5 heteroatoms. The van der Waals surface area contributed by atoms with Crippen LogP contribution < -0.4 is 9.47 Å². The van der Waals surface area contributed by atoms with Gasteiger partial charge in [-0.15, -0.1) is 0 Å². The number of benzene rings is 2. The number of esters is 1. The lowest BCUT2D eigenvalue weighted by atomic mass is 10.0. The van der Waals surface area contributed by atoms with E-state index in [9.17, 15) is 14.0 Å². The minimum absolute atomic E-state index is 0.00922. The average molecular weight is 338 g/mol. The number of Topliss-reactive ketones (excluding diaryl/α,β-unsaturated/α-hetero) is 1. The summed E-state index contributed by atoms with van der Waals surface area (Å²) in [6.45, 7) is 1.77. The Hall–Kier alpha value is -2.95. The number of halogens is 1. The third-order valence-corrected chi connectivity index (χ3v) is 4.24. The maximum atomic E-state index is 13.0. The molecule has 0 atom stereocenters. The van der Waals surface area contributed by atoms with Gasteiger partial charge in [0.15, 0.2) is 5.76 Å². The first kappa shape index (κ1) is 15.6. The fourth-order valence-corrected chi connectivity index (χ4v) is 2.77. The Morgan fingerprint density at radius 3 is 2.64 bits per heavy atom. The van der Waals surface area contributed by atoms with Gasteiger partial charge >= 0.3 is 5.97 Å². The van der Waals surface area contributed by atoms with Crippen LogP contribution in [-0.4, -0.2) is 11.8 Å². The second kappa shape index (κ2) is 5.84. The molecule has 2 aliphatic rings. The van der Waals surface area contributed by atoms with Crippen LogP contribution in [0.4, 0.5) is 4.39 Å². The molecule has 0 amide bonds. The van der Waals surface area contributed by atoms with Crippen LogP contribution >= 0.6 is 0 Å². The summed E-state index contributed by atoms with van der Waals surface area (Å²) in [5.41, 5.74) is 1.80. The van der Waals surface area contributed by atoms with Crippen molar-refractivity contribution in [1.29, 1.82) is 0 Å². The molecule has 1 aliphatic heterocycles. The van der Waals surface area contributed by atoms with Crippen LogP contribution in [0.15, 0.2) is 42.2 Å². The van der Waals surface area contributed by atoms with Gasteiger partial charge in [0.25, 0.3) is 0 Å². The number of ketones is 1. The topological polar surface area (TPSA) is 52.6 Å². The Morgan fingerprint density at radius 2 is 1.96 bits per heavy atom. The quantitative estimate of drug-likeness (QED) is 0.481. The molecule has 0 bridgehead atoms. The summed E-state index contributed by atoms with van der Waals surface area (Å²) in [5, 5.41) is 0. The molecule has 1 saturated carbocycles. The van der Waals surface area contributed by atoms with Crippen molar-refractivity contribution < 1.29 is 23.5 Å². The van der Waals surface area contributed by atoms with E-state index in [4.69, 9.17) is 9.47 Å². The highest BCUT2D eigenvalue weighted by Gasteiger charge is 2.33. The minimum atomic E-state index is -0.345. The van der Waals surface area contributed by atoms with Gasteiger partial charge in [0.1, 0.15) is 17.3 Å². The van der Waals surface area contributed by atoms with E-state index < -0.39 is 0 Å². The number of ether oxygens (including phenoxy) is 2. The van der Waals surface area contributed by atoms with Crippen LogP contribution in [0.2, 0.25) is 0 Å². The lowest BCUT2D eigenvalue weighted by molar-refractivity contribution is -0.135. The molecule has 4 rings (SSSR count). The molecule has 0 radical (unpaired) electrons. The number of hydrogen-bond acceptors (Lipinski definition) is 4. The highest BCUT2D eigenvalue weighted by Crippen LogP contribution is 2.38. The smallest absolute Gasteiger partial charge is 0.314 e. The monoisotopic (exact) mass is 338 g/mol. The van der Waals surface area contributed by atoms with E-state index in [1.807, 2.05) is 0 Å². The van der Waals surface area contributed by atoms with E-state index in [1.165, 1.54) is 12.1 Å². The molecule has 0 saturated heterocycles. The lowest BCUT2D eigenvalue weighted by Crippen LogP contribution is -2.10. The summed E-state index contributed by atoms with van der Waals surface area (Å²) in [6.07, 6.45) is 3.29. The van der Waals surface area contributed by atoms with E-state index in [0.29, 0.717) is 28.2 Å². The molecule has 25 heavy (non-hydrogen) atoms. The van der Waals surface area contributed by atoms with Crippen molar-refractivity contribution in [1.82, 2.24) is 0 Å². The molecule has 1 fully saturated rings. The largest absolute Gasteiger partial charge is 0.452 e. The summed E-state index contributed by atoms with van der Waals surface area (Å²) in [5.74, 6) is 0.0751. The number of aryl methyl sites for hydroxylation is 1. The predicted octanol–water partition coefficient (Wildman–Crippen LogP) is 4.07. The van der Waals surface area contributed by atoms with Crippen LogP contribution in [-0.2, 0) is 4.79 Å². The average Bonchev–Trinajstić information content (AvgIpc) is 3.36. The predicted molar refractivity (Wildman–Crippen MR) is 88.9 cm³/mol. The second-order valence-electron chi connectivity index (χ2n) is 6.30. The van der Waals surface area contributed by atoms with Crippen LogP contribution in [0.25, 0.3) is 6.08 Å². The van der Waals surface area contributed by atoms with Crippen molar-refractivity contribution in [2.24, 2.45) is 5.92 Å². The first-order valence-electron chi connectivity index (χ1n) is 8.07. The Morgan fingerprint density at radius 1 is 1.24 bits per heavy atom. The number of carbonyl (C=O) groups is 2. The van der Waals surface area contributed by atoms with E-state index >= 15 is 0 Å². The van der Waals surface area contributed by atoms with Gasteiger partial charge in [0, 0.05) is 6.07 Å². The number of rotatable bonds is 3. The zero-order valence-electron chi connectivity index (χ0n) is 13.5. The highest BCUT2D eigenvalue weighted by atomic mass is 19.1. The highest BCUT2D eigenvalue weighted by molar-refractivity contribution is 6.15. The number of hydrogen-bond donors (Lipinski definition) is 0. The Balaban J connectivity index is 1.62. The summed E-state index contributed by atoms with van der Waals surface area (Å²) in [4.78, 5) is 24.4. The van der Waals surface area contributed by atoms with E-state index in [2.05, 4.69) is 0 Å². The summed E-state index contributed by atoms with van der Waals surface area (Å²) in [7, 11) is 0. The van der Waals surface area contributed by atoms with Crippen LogP contribution in [0.5, 0.6) is 11.5 Å². The summed E-state index contributed by atoms with van der Waals surface area (Å²) < 4.78 is 24.0. The van der Waals surface area contributed by atoms with Gasteiger partial charge in [-0.1, -0.05) is 12.1 Å². The third-order valence-electron chi connectivity index (χ3n) is 4.24. The maximum absolute atomic E-state index is 13.0. The number of allylic oxidation sites excluding steroid dienone is 1. The van der Waals surface area contributed by atoms with Crippen molar-refractivity contribution in [3.63, 3.8) is 0 Å². The van der Waals surface area contributed by atoms with E-state index in [0.717, 1.165) is 12.8 Å². The molecule has 0 aromatic heterocycles. The van der Waals surface area contributed by atoms with Crippen molar-refractivity contribution in [3.05, 3.63) is 64.7 Å². The van der Waals surface area contributed by atoms with Gasteiger partial charge in [-0.3, -0.25) is 9.59 Å². The second-order valence-corrected chi connectivity index (χ2v) is 6.30. The Bertz CT molecular complexity index is 908. The molecular formula is C20H15FO4. The Labute approximate surface area is 143 Å². The van der Waals surface area contributed by atoms with E-state index in [-0.39, 0.29) is 29.2 Å². The first-order chi connectivity index (χ1) is 12.0. The molecule has 0 unspecified atom stereocenters. The van der Waals surface area contributed by atoms with Crippen molar-refractivity contribution in [3.8, 4) is 11.5 Å². The van der Waals surface area contributed by atoms with Gasteiger partial charge in [0.05, 0.1) is 11.5 Å². The molecule has 4 nitrogen and oxygen atoms in total. The van der Waals surface area contributed by atoms with Gasteiger partial charge < -0.3 is 9.47 Å². The van der Waals surface area contributed by atoms with Gasteiger partial charge in [-0.25, -0.2) is 4.39 Å². The van der Waals surface area contributed by atoms with Crippen molar-refractivity contribution in [2.75, 3.05) is 0 Å². The minimum Gasteiger partial charge on any atom is -0.452 e. The number of carbonyl (C=O) groups excluding carboxylic acids is 2. The molecule has 0 N–H and O–H groups in total. The Kier molecular flexibility index (Phi) is 3.64. The molecule has 2 aromatic rings. The zero-order chi connectivity index (χ0) is 17.6. The standard InChI is InChI=1S/C20H15FO4/c1-11-8-15(24-20(23)13-4-5-13)10-16-18(11)19(22)17(25-16)9-12-2-6-14(21)7-3-12/h2-3,6-10,13H,4-5H2,1H3/b17-9-. The van der Waals surface area contributed by atoms with Gasteiger partial charge in [0.2, 0.25) is 5.78 Å². The van der Waals surface area contributed by atoms with Gasteiger partial charge in [-0.2, -0.15) is 0 Å². The molecular weight excluding hydrogens is 323 g/mol.